The van der Waals surface area contributed by atoms with Crippen LogP contribution in [0.1, 0.15) is 5.56 Å². The summed E-state index contributed by atoms with van der Waals surface area (Å²) in [7, 11) is 0. The summed E-state index contributed by atoms with van der Waals surface area (Å²) in [6.45, 7) is 0. The number of nitro groups is 1. The second kappa shape index (κ2) is 3.24. The molecule has 0 N–H and O–H groups in total. The third-order valence-electron chi connectivity index (χ3n) is 1.30. The summed E-state index contributed by atoms with van der Waals surface area (Å²) < 4.78 is 0. The normalized spacial score (nSPS) is 9.00. The first-order valence-electron chi connectivity index (χ1n) is 3.02. The van der Waals surface area contributed by atoms with Gasteiger partial charge in [-0.2, -0.15) is 5.26 Å². The monoisotopic (exact) mass is 180 g/mol. The number of nitro benzene ring substituents is 1. The summed E-state index contributed by atoms with van der Waals surface area (Å²) in [5, 5.41) is 18.7. The van der Waals surface area contributed by atoms with Crippen molar-refractivity contribution in [1.82, 2.24) is 0 Å². The van der Waals surface area contributed by atoms with E-state index in [1.807, 2.05) is 6.07 Å². The molecular formula is C7H4N2O2S. The summed E-state index contributed by atoms with van der Waals surface area (Å²) in [5.41, 5.74) is 0.280. The maximum atomic E-state index is 10.3. The molecule has 1 aromatic carbocycles. The molecule has 1 aromatic rings. The molecule has 0 saturated heterocycles. The Hall–Kier alpha value is -1.54. The summed E-state index contributed by atoms with van der Waals surface area (Å²) in [6.07, 6.45) is 0. The highest BCUT2D eigenvalue weighted by Gasteiger charge is 2.10. The maximum Gasteiger partial charge on any atom is 0.282 e. The smallest absolute Gasteiger partial charge is 0.258 e. The van der Waals surface area contributed by atoms with E-state index in [0.29, 0.717) is 5.56 Å². The predicted octanol–water partition coefficient (Wildman–Crippen LogP) is 1.76. The van der Waals surface area contributed by atoms with E-state index in [1.165, 1.54) is 18.2 Å². The molecule has 12 heavy (non-hydrogen) atoms. The maximum absolute atomic E-state index is 10.3. The van der Waals surface area contributed by atoms with E-state index in [0.717, 1.165) is 0 Å². The third kappa shape index (κ3) is 1.54. The van der Waals surface area contributed by atoms with Gasteiger partial charge in [-0.15, -0.1) is 12.6 Å². The Labute approximate surface area is 74.0 Å². The molecule has 0 atom stereocenters. The molecule has 5 heteroatoms. The molecule has 4 nitrogen and oxygen atoms in total. The first kappa shape index (κ1) is 8.56. The van der Waals surface area contributed by atoms with Crippen molar-refractivity contribution in [2.75, 3.05) is 0 Å². The molecule has 0 bridgehead atoms. The minimum Gasteiger partial charge on any atom is -0.258 e. The van der Waals surface area contributed by atoms with Gasteiger partial charge in [-0.3, -0.25) is 10.1 Å². The molecule has 0 heterocycles. The van der Waals surface area contributed by atoms with Crippen LogP contribution >= 0.6 is 12.6 Å². The molecule has 0 aromatic heterocycles. The Morgan fingerprint density at radius 1 is 1.58 bits per heavy atom. The molecule has 60 valence electrons. The number of thiol groups is 1. The lowest BCUT2D eigenvalue weighted by molar-refractivity contribution is -0.387. The molecular weight excluding hydrogens is 176 g/mol. The van der Waals surface area contributed by atoms with Gasteiger partial charge in [-0.25, -0.2) is 0 Å². The minimum atomic E-state index is -0.538. The van der Waals surface area contributed by atoms with Crippen LogP contribution in [-0.2, 0) is 0 Å². The largest absolute Gasteiger partial charge is 0.282 e. The molecule has 0 aliphatic carbocycles. The van der Waals surface area contributed by atoms with Crippen molar-refractivity contribution in [2.45, 2.75) is 4.90 Å². The lowest BCUT2D eigenvalue weighted by atomic mass is 10.2. The molecule has 0 fully saturated rings. The Morgan fingerprint density at radius 3 is 2.67 bits per heavy atom. The Bertz CT molecular complexity index is 370. The highest BCUT2D eigenvalue weighted by molar-refractivity contribution is 7.80. The lowest BCUT2D eigenvalue weighted by Crippen LogP contribution is -1.89. The number of benzene rings is 1. The number of hydrogen-bond acceptors (Lipinski definition) is 4. The molecule has 0 saturated carbocycles. The summed E-state index contributed by atoms with van der Waals surface area (Å²) in [5.74, 6) is 0. The minimum absolute atomic E-state index is 0.0858. The average molecular weight is 180 g/mol. The fraction of sp³-hybridized carbons (Fsp3) is 0. The van der Waals surface area contributed by atoms with Crippen molar-refractivity contribution in [2.24, 2.45) is 0 Å². The van der Waals surface area contributed by atoms with Gasteiger partial charge in [0.05, 0.1) is 21.5 Å². The van der Waals surface area contributed by atoms with Crippen molar-refractivity contribution in [3.05, 3.63) is 33.9 Å². The van der Waals surface area contributed by atoms with Gasteiger partial charge < -0.3 is 0 Å². The lowest BCUT2D eigenvalue weighted by Gasteiger charge is -1.94. The zero-order chi connectivity index (χ0) is 9.14. The van der Waals surface area contributed by atoms with Crippen LogP contribution in [0.3, 0.4) is 0 Å². The second-order valence-corrected chi connectivity index (χ2v) is 2.55. The molecule has 0 aliphatic heterocycles. The van der Waals surface area contributed by atoms with Crippen molar-refractivity contribution in [3.63, 3.8) is 0 Å². The van der Waals surface area contributed by atoms with Gasteiger partial charge in [-0.1, -0.05) is 0 Å². The summed E-state index contributed by atoms with van der Waals surface area (Å²) in [4.78, 5) is 9.96. The Kier molecular flexibility index (Phi) is 2.31. The summed E-state index contributed by atoms with van der Waals surface area (Å²) in [6, 6.07) is 5.88. The standard InChI is InChI=1S/C7H4N2O2S/c8-4-5-1-2-6(9(10)11)7(12)3-5/h1-3,12H. The molecule has 0 radical (unpaired) electrons. The van der Waals surface area contributed by atoms with Crippen molar-refractivity contribution >= 4 is 18.3 Å². The molecule has 0 spiro atoms. The van der Waals surface area contributed by atoms with Crippen LogP contribution in [0.2, 0.25) is 0 Å². The zero-order valence-electron chi connectivity index (χ0n) is 5.89. The first-order chi connectivity index (χ1) is 5.65. The predicted molar refractivity (Wildman–Crippen MR) is 45.1 cm³/mol. The van der Waals surface area contributed by atoms with E-state index in [4.69, 9.17) is 5.26 Å². The van der Waals surface area contributed by atoms with Gasteiger partial charge in [0, 0.05) is 6.07 Å². The third-order valence-corrected chi connectivity index (χ3v) is 1.66. The molecule has 1 rings (SSSR count). The van der Waals surface area contributed by atoms with Crippen LogP contribution < -0.4 is 0 Å². The van der Waals surface area contributed by atoms with Gasteiger partial charge in [-0.05, 0) is 12.1 Å². The van der Waals surface area contributed by atoms with Crippen LogP contribution in [0.15, 0.2) is 23.1 Å². The molecule has 0 aliphatic rings. The fourth-order valence-electron chi connectivity index (χ4n) is 0.747. The van der Waals surface area contributed by atoms with Crippen LogP contribution in [0.5, 0.6) is 0 Å². The SMILES string of the molecule is N#Cc1ccc([N+](=O)[O-])c(S)c1. The van der Waals surface area contributed by atoms with Crippen LogP contribution in [0.25, 0.3) is 0 Å². The second-order valence-electron chi connectivity index (χ2n) is 2.07. The van der Waals surface area contributed by atoms with Gasteiger partial charge in [0.25, 0.3) is 5.69 Å². The topological polar surface area (TPSA) is 66.9 Å². The van der Waals surface area contributed by atoms with Gasteiger partial charge in [0.15, 0.2) is 0 Å². The van der Waals surface area contributed by atoms with Crippen LogP contribution in [0, 0.1) is 21.4 Å². The number of nitriles is 1. The van der Waals surface area contributed by atoms with Crippen molar-refractivity contribution in [1.29, 1.82) is 5.26 Å². The fourth-order valence-corrected chi connectivity index (χ4v) is 1.04. The van der Waals surface area contributed by atoms with Crippen LogP contribution in [0.4, 0.5) is 5.69 Å². The number of nitrogens with zero attached hydrogens (tertiary/aromatic N) is 2. The quantitative estimate of drug-likeness (QED) is 0.406. The van der Waals surface area contributed by atoms with E-state index in [1.54, 1.807) is 0 Å². The Balaban J connectivity index is 3.23. The van der Waals surface area contributed by atoms with E-state index >= 15 is 0 Å². The van der Waals surface area contributed by atoms with Gasteiger partial charge >= 0.3 is 0 Å². The van der Waals surface area contributed by atoms with Crippen LogP contribution in [-0.4, -0.2) is 4.92 Å². The molecule has 0 unspecified atom stereocenters. The van der Waals surface area contributed by atoms with Crippen molar-refractivity contribution in [3.8, 4) is 6.07 Å². The highest BCUT2D eigenvalue weighted by atomic mass is 32.1. The van der Waals surface area contributed by atoms with E-state index in [2.05, 4.69) is 12.6 Å². The van der Waals surface area contributed by atoms with Crippen molar-refractivity contribution < 1.29 is 4.92 Å². The van der Waals surface area contributed by atoms with Gasteiger partial charge in [0.1, 0.15) is 0 Å². The van der Waals surface area contributed by atoms with E-state index in [9.17, 15) is 10.1 Å². The highest BCUT2D eigenvalue weighted by Crippen LogP contribution is 2.22. The summed E-state index contributed by atoms with van der Waals surface area (Å²) >= 11 is 3.87. The first-order valence-corrected chi connectivity index (χ1v) is 3.47. The van der Waals surface area contributed by atoms with E-state index in [-0.39, 0.29) is 10.6 Å². The number of rotatable bonds is 1. The molecule has 0 amide bonds. The Morgan fingerprint density at radius 2 is 2.25 bits per heavy atom. The van der Waals surface area contributed by atoms with E-state index < -0.39 is 4.92 Å². The zero-order valence-corrected chi connectivity index (χ0v) is 6.78. The average Bonchev–Trinajstić information content (AvgIpc) is 2.03. The van der Waals surface area contributed by atoms with Gasteiger partial charge in [0.2, 0.25) is 0 Å². The number of hydrogen-bond donors (Lipinski definition) is 1.